The van der Waals surface area contributed by atoms with Crippen molar-refractivity contribution in [3.05, 3.63) is 29.8 Å². The lowest BCUT2D eigenvalue weighted by Gasteiger charge is -2.31. The van der Waals surface area contributed by atoms with Crippen molar-refractivity contribution >= 4 is 35.8 Å². The number of carbonyl (C=O) groups excluding carboxylic acids is 1. The first-order valence-corrected chi connectivity index (χ1v) is 8.09. The van der Waals surface area contributed by atoms with Crippen molar-refractivity contribution in [2.75, 3.05) is 26.2 Å². The van der Waals surface area contributed by atoms with E-state index < -0.39 is 5.91 Å². The zero-order chi connectivity index (χ0) is 16.7. The van der Waals surface area contributed by atoms with E-state index in [-0.39, 0.29) is 30.6 Å². The van der Waals surface area contributed by atoms with Crippen molar-refractivity contribution in [1.82, 2.24) is 4.90 Å². The van der Waals surface area contributed by atoms with E-state index in [1.807, 2.05) is 24.3 Å². The van der Waals surface area contributed by atoms with Gasteiger partial charge in [0.2, 0.25) is 0 Å². The van der Waals surface area contributed by atoms with Gasteiger partial charge in [0, 0.05) is 19.6 Å². The summed E-state index contributed by atoms with van der Waals surface area (Å²) in [5.41, 5.74) is 12.3. The van der Waals surface area contributed by atoms with E-state index in [4.69, 9.17) is 16.2 Å². The van der Waals surface area contributed by atoms with Crippen LogP contribution < -0.4 is 16.2 Å². The number of nitrogens with two attached hydrogens (primary N) is 2. The predicted octanol–water partition coefficient (Wildman–Crippen LogP) is 1.76. The molecule has 0 saturated carbocycles. The Bertz CT molecular complexity index is 540. The minimum atomic E-state index is -0.481. The largest absolute Gasteiger partial charge is 0.484 e. The summed E-state index contributed by atoms with van der Waals surface area (Å²) in [7, 11) is 0. The number of amides is 1. The molecule has 1 heterocycles. The highest BCUT2D eigenvalue weighted by Gasteiger charge is 2.16. The number of guanidine groups is 1. The molecule has 0 bridgehead atoms. The van der Waals surface area contributed by atoms with E-state index in [1.54, 1.807) is 0 Å². The minimum absolute atomic E-state index is 0. The van der Waals surface area contributed by atoms with Crippen LogP contribution in [0.4, 0.5) is 0 Å². The number of carbonyl (C=O) groups is 1. The van der Waals surface area contributed by atoms with Crippen molar-refractivity contribution in [3.63, 3.8) is 0 Å². The van der Waals surface area contributed by atoms with Crippen LogP contribution in [0.25, 0.3) is 0 Å². The van der Waals surface area contributed by atoms with Crippen LogP contribution in [-0.2, 0) is 11.2 Å². The lowest BCUT2D eigenvalue weighted by Crippen LogP contribution is -2.42. The number of benzene rings is 1. The maximum Gasteiger partial charge on any atom is 0.255 e. The Kier molecular flexibility index (Phi) is 8.88. The van der Waals surface area contributed by atoms with Gasteiger partial charge in [-0.15, -0.1) is 24.0 Å². The van der Waals surface area contributed by atoms with Crippen LogP contribution in [0, 0.1) is 5.92 Å². The van der Waals surface area contributed by atoms with Crippen molar-refractivity contribution in [1.29, 1.82) is 0 Å². The van der Waals surface area contributed by atoms with Crippen LogP contribution in [0.5, 0.6) is 5.75 Å². The van der Waals surface area contributed by atoms with Crippen molar-refractivity contribution in [2.45, 2.75) is 26.2 Å². The molecule has 6 nitrogen and oxygen atoms in total. The summed E-state index contributed by atoms with van der Waals surface area (Å²) in [6, 6.07) is 7.59. The predicted molar refractivity (Wildman–Crippen MR) is 107 cm³/mol. The topological polar surface area (TPSA) is 93.9 Å². The molecule has 1 aliphatic rings. The number of primary amides is 1. The molecular formula is C17H27IN4O2. The van der Waals surface area contributed by atoms with Gasteiger partial charge in [0.15, 0.2) is 12.6 Å². The molecular weight excluding hydrogens is 419 g/mol. The Morgan fingerprint density at radius 2 is 1.88 bits per heavy atom. The van der Waals surface area contributed by atoms with E-state index in [9.17, 15) is 4.79 Å². The number of piperidine rings is 1. The molecule has 1 amide bonds. The van der Waals surface area contributed by atoms with Crippen molar-refractivity contribution in [2.24, 2.45) is 22.4 Å². The molecule has 1 fully saturated rings. The molecule has 1 saturated heterocycles. The van der Waals surface area contributed by atoms with E-state index in [1.165, 1.54) is 12.8 Å². The molecule has 0 unspecified atom stereocenters. The van der Waals surface area contributed by atoms with Gasteiger partial charge in [0.05, 0.1) is 0 Å². The molecule has 0 aliphatic carbocycles. The SMILES string of the molecule is CC1CCN(C(N)=NCCc2ccc(OCC(N)=O)cc2)CC1.I. The van der Waals surface area contributed by atoms with Gasteiger partial charge in [-0.2, -0.15) is 0 Å². The zero-order valence-corrected chi connectivity index (χ0v) is 16.4. The first-order chi connectivity index (χ1) is 11.0. The third-order valence-corrected chi connectivity index (χ3v) is 4.09. The number of aliphatic imine (C=N–C) groups is 1. The van der Waals surface area contributed by atoms with Gasteiger partial charge in [0.25, 0.3) is 5.91 Å². The maximum absolute atomic E-state index is 10.7. The maximum atomic E-state index is 10.7. The molecule has 24 heavy (non-hydrogen) atoms. The first kappa shape index (κ1) is 20.5. The number of hydrogen-bond donors (Lipinski definition) is 2. The highest BCUT2D eigenvalue weighted by molar-refractivity contribution is 14.0. The molecule has 0 aromatic heterocycles. The van der Waals surface area contributed by atoms with Crippen LogP contribution in [0.3, 0.4) is 0 Å². The number of likely N-dealkylation sites (tertiary alicyclic amines) is 1. The van der Waals surface area contributed by atoms with Crippen LogP contribution in [0.15, 0.2) is 29.3 Å². The van der Waals surface area contributed by atoms with Crippen LogP contribution in [-0.4, -0.2) is 43.0 Å². The smallest absolute Gasteiger partial charge is 0.255 e. The summed E-state index contributed by atoms with van der Waals surface area (Å²) < 4.78 is 5.22. The summed E-state index contributed by atoms with van der Waals surface area (Å²) in [5, 5.41) is 0. The zero-order valence-electron chi connectivity index (χ0n) is 14.1. The van der Waals surface area contributed by atoms with Crippen molar-refractivity contribution < 1.29 is 9.53 Å². The fourth-order valence-electron chi connectivity index (χ4n) is 2.54. The Morgan fingerprint density at radius 1 is 1.25 bits per heavy atom. The van der Waals surface area contributed by atoms with Gasteiger partial charge >= 0.3 is 0 Å². The van der Waals surface area contributed by atoms with E-state index in [0.717, 1.165) is 31.0 Å². The summed E-state index contributed by atoms with van der Waals surface area (Å²) in [6.07, 6.45) is 3.19. The molecule has 1 aromatic rings. The van der Waals surface area contributed by atoms with Crippen LogP contribution >= 0.6 is 24.0 Å². The first-order valence-electron chi connectivity index (χ1n) is 8.09. The Hall–Kier alpha value is -1.51. The average molecular weight is 446 g/mol. The third kappa shape index (κ3) is 6.94. The quantitative estimate of drug-likeness (QED) is 0.396. The second kappa shape index (κ2) is 10.4. The summed E-state index contributed by atoms with van der Waals surface area (Å²) in [4.78, 5) is 17.3. The van der Waals surface area contributed by atoms with E-state index in [2.05, 4.69) is 16.8 Å². The fraction of sp³-hybridized carbons (Fsp3) is 0.529. The Labute approximate surface area is 160 Å². The summed E-state index contributed by atoms with van der Waals surface area (Å²) in [6.45, 7) is 4.85. The fourth-order valence-corrected chi connectivity index (χ4v) is 2.54. The number of rotatable bonds is 6. The van der Waals surface area contributed by atoms with Crippen LogP contribution in [0.1, 0.15) is 25.3 Å². The molecule has 0 radical (unpaired) electrons. The second-order valence-electron chi connectivity index (χ2n) is 6.06. The van der Waals surface area contributed by atoms with Crippen LogP contribution in [0.2, 0.25) is 0 Å². The normalized spacial score (nSPS) is 15.7. The second-order valence-corrected chi connectivity index (χ2v) is 6.06. The lowest BCUT2D eigenvalue weighted by molar-refractivity contribution is -0.119. The molecule has 0 atom stereocenters. The van der Waals surface area contributed by atoms with Gasteiger partial charge in [-0.05, 0) is 42.9 Å². The van der Waals surface area contributed by atoms with Gasteiger partial charge in [0.1, 0.15) is 5.75 Å². The Morgan fingerprint density at radius 3 is 2.46 bits per heavy atom. The molecule has 1 aromatic carbocycles. The van der Waals surface area contributed by atoms with E-state index in [0.29, 0.717) is 18.3 Å². The molecule has 2 rings (SSSR count). The number of hydrogen-bond acceptors (Lipinski definition) is 3. The van der Waals surface area contributed by atoms with Gasteiger partial charge < -0.3 is 21.1 Å². The summed E-state index contributed by atoms with van der Waals surface area (Å²) in [5.74, 6) is 1.59. The molecule has 7 heteroatoms. The average Bonchev–Trinajstić information content (AvgIpc) is 2.54. The molecule has 0 spiro atoms. The Balaban J connectivity index is 0.00000288. The number of halogens is 1. The van der Waals surface area contributed by atoms with Gasteiger partial charge in [-0.3, -0.25) is 9.79 Å². The minimum Gasteiger partial charge on any atom is -0.484 e. The number of nitrogens with zero attached hydrogens (tertiary/aromatic N) is 2. The summed E-state index contributed by atoms with van der Waals surface area (Å²) >= 11 is 0. The monoisotopic (exact) mass is 446 g/mol. The molecule has 4 N–H and O–H groups in total. The van der Waals surface area contributed by atoms with E-state index >= 15 is 0 Å². The van der Waals surface area contributed by atoms with Gasteiger partial charge in [-0.1, -0.05) is 19.1 Å². The molecule has 134 valence electrons. The highest BCUT2D eigenvalue weighted by atomic mass is 127. The highest BCUT2D eigenvalue weighted by Crippen LogP contribution is 2.16. The lowest BCUT2D eigenvalue weighted by atomic mass is 10.00. The standard InChI is InChI=1S/C17H26N4O2.HI/c1-13-7-10-21(11-8-13)17(19)20-9-6-14-2-4-15(5-3-14)23-12-16(18)22;/h2-5,13H,6-12H2,1H3,(H2,18,22)(H2,19,20);1H. The van der Waals surface area contributed by atoms with Crippen molar-refractivity contribution in [3.8, 4) is 5.75 Å². The molecule has 1 aliphatic heterocycles. The third-order valence-electron chi connectivity index (χ3n) is 4.09. The number of ether oxygens (including phenoxy) is 1. The van der Waals surface area contributed by atoms with Gasteiger partial charge in [-0.25, -0.2) is 0 Å².